The number of hydrogen-bond donors (Lipinski definition) is 2. The van der Waals surface area contributed by atoms with Gasteiger partial charge in [0, 0.05) is 5.56 Å². The van der Waals surface area contributed by atoms with Gasteiger partial charge in [0.25, 0.3) is 10.1 Å². The average molecular weight is 471 g/mol. The predicted molar refractivity (Wildman–Crippen MR) is 133 cm³/mol. The summed E-state index contributed by atoms with van der Waals surface area (Å²) in [6.45, 7) is 0. The van der Waals surface area contributed by atoms with E-state index in [4.69, 9.17) is 0 Å². The third-order valence-electron chi connectivity index (χ3n) is 5.24. The molecule has 0 unspecified atom stereocenters. The van der Waals surface area contributed by atoms with Crippen LogP contribution in [0, 0.1) is 0 Å². The van der Waals surface area contributed by atoms with Crippen LogP contribution in [0.5, 0.6) is 0 Å². The van der Waals surface area contributed by atoms with Gasteiger partial charge in [-0.15, -0.1) is 0 Å². The van der Waals surface area contributed by atoms with Crippen molar-refractivity contribution in [1.29, 1.82) is 0 Å². The highest BCUT2D eigenvalue weighted by Crippen LogP contribution is 2.34. The Hall–Kier alpha value is -4.07. The van der Waals surface area contributed by atoms with Gasteiger partial charge in [0.1, 0.15) is 0 Å². The molecule has 7 heteroatoms. The van der Waals surface area contributed by atoms with E-state index in [2.05, 4.69) is 10.5 Å². The van der Waals surface area contributed by atoms with Gasteiger partial charge in [-0.25, -0.2) is 5.43 Å². The molecule has 0 spiro atoms. The van der Waals surface area contributed by atoms with Gasteiger partial charge in [0.15, 0.2) is 0 Å². The number of benzene rings is 4. The Morgan fingerprint density at radius 1 is 0.765 bits per heavy atom. The van der Waals surface area contributed by atoms with Crippen LogP contribution >= 0.6 is 0 Å². The minimum absolute atomic E-state index is 0.160. The quantitative estimate of drug-likeness (QED) is 0.227. The fourth-order valence-electron chi connectivity index (χ4n) is 3.63. The molecule has 0 atom stereocenters. The van der Waals surface area contributed by atoms with Crippen LogP contribution in [-0.2, 0) is 21.3 Å². The summed E-state index contributed by atoms with van der Waals surface area (Å²) in [6, 6.07) is 30.9. The van der Waals surface area contributed by atoms with Crippen LogP contribution in [0.4, 0.5) is 0 Å². The lowest BCUT2D eigenvalue weighted by Crippen LogP contribution is -2.19. The summed E-state index contributed by atoms with van der Waals surface area (Å²) < 4.78 is 32.0. The summed E-state index contributed by atoms with van der Waals surface area (Å²) >= 11 is 0. The van der Waals surface area contributed by atoms with E-state index < -0.39 is 10.1 Å². The maximum atomic E-state index is 12.2. The van der Waals surface area contributed by atoms with E-state index in [-0.39, 0.29) is 17.2 Å². The van der Waals surface area contributed by atoms with Crippen LogP contribution in [0.15, 0.2) is 113 Å². The lowest BCUT2D eigenvalue weighted by atomic mass is 9.92. The number of rotatable bonds is 7. The van der Waals surface area contributed by atoms with Crippen molar-refractivity contribution in [2.45, 2.75) is 11.3 Å². The average Bonchev–Trinajstić information content (AvgIpc) is 2.84. The van der Waals surface area contributed by atoms with Crippen LogP contribution < -0.4 is 5.43 Å². The fourth-order valence-corrected chi connectivity index (χ4v) is 4.11. The zero-order valence-electron chi connectivity index (χ0n) is 18.1. The number of hydrazone groups is 1. The summed E-state index contributed by atoms with van der Waals surface area (Å²) in [4.78, 5) is 12.0. The maximum Gasteiger partial charge on any atom is 0.294 e. The standard InChI is InChI=1S/C27H22N2O4S/c30-27(18-20-8-2-1-3-9-20)29-28-19-22-10-4-5-12-25(22)26-13-7-6-11-24(26)21-14-16-23(17-15-21)34(31,32)33/h1-17,19H,18H2,(H,29,30)(H,31,32,33). The van der Waals surface area contributed by atoms with Crippen LogP contribution in [0.1, 0.15) is 11.1 Å². The smallest absolute Gasteiger partial charge is 0.282 e. The number of hydrogen-bond acceptors (Lipinski definition) is 4. The molecule has 4 rings (SSSR count). The predicted octanol–water partition coefficient (Wildman–Crippen LogP) is 4.96. The molecular weight excluding hydrogens is 448 g/mol. The Morgan fingerprint density at radius 2 is 1.35 bits per heavy atom. The van der Waals surface area contributed by atoms with Gasteiger partial charge < -0.3 is 0 Å². The van der Waals surface area contributed by atoms with Gasteiger partial charge in [0.2, 0.25) is 5.91 Å². The van der Waals surface area contributed by atoms with Crippen molar-refractivity contribution in [3.63, 3.8) is 0 Å². The second-order valence-corrected chi connectivity index (χ2v) is 9.01. The van der Waals surface area contributed by atoms with Crippen molar-refractivity contribution in [2.24, 2.45) is 5.10 Å². The summed E-state index contributed by atoms with van der Waals surface area (Å²) in [7, 11) is -4.26. The maximum absolute atomic E-state index is 12.2. The molecule has 0 saturated carbocycles. The first-order valence-electron chi connectivity index (χ1n) is 10.5. The third kappa shape index (κ3) is 5.64. The van der Waals surface area contributed by atoms with Crippen LogP contribution in [0.25, 0.3) is 22.3 Å². The molecule has 6 nitrogen and oxygen atoms in total. The molecule has 0 radical (unpaired) electrons. The van der Waals surface area contributed by atoms with E-state index in [1.165, 1.54) is 12.1 Å². The number of carbonyl (C=O) groups is 1. The van der Waals surface area contributed by atoms with Crippen molar-refractivity contribution in [3.8, 4) is 22.3 Å². The van der Waals surface area contributed by atoms with Gasteiger partial charge in [-0.1, -0.05) is 91.0 Å². The minimum Gasteiger partial charge on any atom is -0.282 e. The van der Waals surface area contributed by atoms with Gasteiger partial charge in [0.05, 0.1) is 17.5 Å². The largest absolute Gasteiger partial charge is 0.294 e. The Morgan fingerprint density at radius 3 is 2.03 bits per heavy atom. The molecule has 0 heterocycles. The van der Waals surface area contributed by atoms with Gasteiger partial charge in [-0.05, 0) is 39.9 Å². The summed E-state index contributed by atoms with van der Waals surface area (Å²) in [5.74, 6) is -0.209. The second-order valence-electron chi connectivity index (χ2n) is 7.59. The van der Waals surface area contributed by atoms with E-state index in [1.54, 1.807) is 18.3 Å². The first-order chi connectivity index (χ1) is 16.4. The number of nitrogens with one attached hydrogen (secondary N) is 1. The molecule has 0 aliphatic carbocycles. The number of carbonyl (C=O) groups excluding carboxylic acids is 1. The highest BCUT2D eigenvalue weighted by molar-refractivity contribution is 7.85. The zero-order chi connectivity index (χ0) is 24.0. The number of nitrogens with zero attached hydrogens (tertiary/aromatic N) is 1. The monoisotopic (exact) mass is 470 g/mol. The molecule has 4 aromatic carbocycles. The Bertz CT molecular complexity index is 1430. The van der Waals surface area contributed by atoms with Crippen molar-refractivity contribution in [3.05, 3.63) is 114 Å². The van der Waals surface area contributed by atoms with E-state index in [0.29, 0.717) is 0 Å². The molecule has 2 N–H and O–H groups in total. The lowest BCUT2D eigenvalue weighted by Gasteiger charge is -2.13. The van der Waals surface area contributed by atoms with Crippen molar-refractivity contribution in [1.82, 2.24) is 5.43 Å². The van der Waals surface area contributed by atoms with Gasteiger partial charge in [-0.2, -0.15) is 13.5 Å². The molecule has 0 fully saturated rings. The Kier molecular flexibility index (Phi) is 6.96. The zero-order valence-corrected chi connectivity index (χ0v) is 18.9. The summed E-state index contributed by atoms with van der Waals surface area (Å²) in [5, 5.41) is 4.15. The fraction of sp³-hybridized carbons (Fsp3) is 0.0370. The van der Waals surface area contributed by atoms with Gasteiger partial charge >= 0.3 is 0 Å². The SMILES string of the molecule is O=C(Cc1ccccc1)NN=Cc1ccccc1-c1ccccc1-c1ccc(S(=O)(=O)O)cc1. The lowest BCUT2D eigenvalue weighted by molar-refractivity contribution is -0.120. The molecule has 0 aliphatic heterocycles. The van der Waals surface area contributed by atoms with Crippen LogP contribution in [0.2, 0.25) is 0 Å². The summed E-state index contributed by atoms with van der Waals surface area (Å²) in [5.41, 5.74) is 7.79. The molecule has 0 aromatic heterocycles. The minimum atomic E-state index is -4.26. The number of amides is 1. The van der Waals surface area contributed by atoms with E-state index >= 15 is 0 Å². The molecule has 34 heavy (non-hydrogen) atoms. The molecule has 4 aromatic rings. The van der Waals surface area contributed by atoms with Crippen LogP contribution in [-0.4, -0.2) is 25.1 Å². The van der Waals surface area contributed by atoms with Crippen LogP contribution in [0.3, 0.4) is 0 Å². The summed E-state index contributed by atoms with van der Waals surface area (Å²) in [6.07, 6.45) is 1.85. The van der Waals surface area contributed by atoms with E-state index in [9.17, 15) is 17.8 Å². The normalized spacial score (nSPS) is 11.4. The molecule has 0 bridgehead atoms. The van der Waals surface area contributed by atoms with Gasteiger partial charge in [-0.3, -0.25) is 9.35 Å². The molecule has 170 valence electrons. The van der Waals surface area contributed by atoms with Crippen molar-refractivity contribution >= 4 is 22.2 Å². The first kappa shape index (κ1) is 23.1. The van der Waals surface area contributed by atoms with Crippen molar-refractivity contribution in [2.75, 3.05) is 0 Å². The topological polar surface area (TPSA) is 95.8 Å². The first-order valence-corrected chi connectivity index (χ1v) is 12.0. The Balaban J connectivity index is 1.59. The Labute approximate surface area is 198 Å². The second kappa shape index (κ2) is 10.2. The van der Waals surface area contributed by atoms with E-state index in [0.717, 1.165) is 33.4 Å². The van der Waals surface area contributed by atoms with Crippen molar-refractivity contribution < 1.29 is 17.8 Å². The molecule has 1 amide bonds. The molecule has 0 aliphatic rings. The molecular formula is C27H22N2O4S. The van der Waals surface area contributed by atoms with E-state index in [1.807, 2.05) is 78.9 Å². The third-order valence-corrected chi connectivity index (χ3v) is 6.11. The molecule has 0 saturated heterocycles. The highest BCUT2D eigenvalue weighted by Gasteiger charge is 2.13. The highest BCUT2D eigenvalue weighted by atomic mass is 32.2.